The van der Waals surface area contributed by atoms with Gasteiger partial charge in [-0.3, -0.25) is 4.57 Å². The van der Waals surface area contributed by atoms with E-state index in [9.17, 15) is 0 Å². The first-order valence-corrected chi connectivity index (χ1v) is 6.88. The number of anilines is 1. The summed E-state index contributed by atoms with van der Waals surface area (Å²) in [6, 6.07) is 8.26. The molecule has 20 heavy (non-hydrogen) atoms. The first kappa shape index (κ1) is 12.7. The van der Waals surface area contributed by atoms with Crippen LogP contribution in [0.3, 0.4) is 0 Å². The van der Waals surface area contributed by atoms with Crippen LogP contribution >= 0.6 is 0 Å². The van der Waals surface area contributed by atoms with Gasteiger partial charge in [-0.1, -0.05) is 31.0 Å². The molecule has 2 heterocycles. The average Bonchev–Trinajstić information content (AvgIpc) is 2.90. The van der Waals surface area contributed by atoms with Gasteiger partial charge < -0.3 is 5.73 Å². The lowest BCUT2D eigenvalue weighted by atomic mass is 10.2. The molecule has 0 bridgehead atoms. The number of imidazole rings is 1. The molecule has 1 aromatic carbocycles. The maximum atomic E-state index is 6.11. The number of nitrogen functional groups attached to an aromatic ring is 1. The quantitative estimate of drug-likeness (QED) is 0.795. The SMILES string of the molecule is CCCc1nn(C)c2c1nc(N)n2-c1ccc(C)cc1. The summed E-state index contributed by atoms with van der Waals surface area (Å²) in [7, 11) is 1.94. The first-order chi connectivity index (χ1) is 9.61. The summed E-state index contributed by atoms with van der Waals surface area (Å²) < 4.78 is 3.82. The van der Waals surface area contributed by atoms with E-state index in [-0.39, 0.29) is 0 Å². The number of rotatable bonds is 3. The van der Waals surface area contributed by atoms with Gasteiger partial charge in [0.15, 0.2) is 5.65 Å². The fraction of sp³-hybridized carbons (Fsp3) is 0.333. The van der Waals surface area contributed by atoms with Crippen LogP contribution in [0.2, 0.25) is 0 Å². The Morgan fingerprint density at radius 1 is 1.20 bits per heavy atom. The van der Waals surface area contributed by atoms with Gasteiger partial charge in [-0.25, -0.2) is 9.67 Å². The Morgan fingerprint density at radius 3 is 2.55 bits per heavy atom. The van der Waals surface area contributed by atoms with Crippen molar-refractivity contribution < 1.29 is 0 Å². The van der Waals surface area contributed by atoms with E-state index in [0.717, 1.165) is 35.4 Å². The molecule has 0 spiro atoms. The van der Waals surface area contributed by atoms with Crippen LogP contribution in [0.1, 0.15) is 24.6 Å². The van der Waals surface area contributed by atoms with Crippen LogP contribution in [-0.2, 0) is 13.5 Å². The molecule has 0 saturated heterocycles. The predicted octanol–water partition coefficient (Wildman–Crippen LogP) is 2.60. The molecule has 0 aliphatic carbocycles. The maximum absolute atomic E-state index is 6.11. The van der Waals surface area contributed by atoms with Crippen molar-refractivity contribution in [1.82, 2.24) is 19.3 Å². The summed E-state index contributed by atoms with van der Waals surface area (Å²) in [5.41, 5.74) is 11.2. The van der Waals surface area contributed by atoms with E-state index in [1.165, 1.54) is 5.56 Å². The fourth-order valence-electron chi connectivity index (χ4n) is 2.55. The van der Waals surface area contributed by atoms with Gasteiger partial charge in [-0.2, -0.15) is 5.10 Å². The molecule has 2 N–H and O–H groups in total. The Morgan fingerprint density at radius 2 is 1.90 bits per heavy atom. The highest BCUT2D eigenvalue weighted by Crippen LogP contribution is 2.25. The lowest BCUT2D eigenvalue weighted by molar-refractivity contribution is 0.738. The Balaban J connectivity index is 2.25. The van der Waals surface area contributed by atoms with E-state index in [2.05, 4.69) is 48.2 Å². The predicted molar refractivity (Wildman–Crippen MR) is 81.0 cm³/mol. The van der Waals surface area contributed by atoms with Crippen molar-refractivity contribution in [1.29, 1.82) is 0 Å². The van der Waals surface area contributed by atoms with Crippen LogP contribution < -0.4 is 5.73 Å². The second-order valence-electron chi connectivity index (χ2n) is 5.13. The number of aromatic nitrogens is 4. The van der Waals surface area contributed by atoms with Crippen molar-refractivity contribution in [3.05, 3.63) is 35.5 Å². The molecule has 2 aromatic heterocycles. The normalized spacial score (nSPS) is 11.3. The zero-order chi connectivity index (χ0) is 14.3. The zero-order valence-corrected chi connectivity index (χ0v) is 12.1. The third kappa shape index (κ3) is 1.86. The Labute approximate surface area is 118 Å². The van der Waals surface area contributed by atoms with Crippen LogP contribution in [0.4, 0.5) is 5.95 Å². The summed E-state index contributed by atoms with van der Waals surface area (Å²) in [6.07, 6.45) is 1.96. The molecule has 0 atom stereocenters. The lowest BCUT2D eigenvalue weighted by Crippen LogP contribution is -2.05. The Hall–Kier alpha value is -2.30. The molecular weight excluding hydrogens is 250 g/mol. The highest BCUT2D eigenvalue weighted by atomic mass is 15.3. The smallest absolute Gasteiger partial charge is 0.207 e. The van der Waals surface area contributed by atoms with Crippen molar-refractivity contribution in [3.8, 4) is 5.69 Å². The van der Waals surface area contributed by atoms with Crippen molar-refractivity contribution in [2.45, 2.75) is 26.7 Å². The number of benzene rings is 1. The molecule has 0 saturated carbocycles. The summed E-state index contributed by atoms with van der Waals surface area (Å²) in [5, 5.41) is 4.56. The minimum Gasteiger partial charge on any atom is -0.369 e. The van der Waals surface area contributed by atoms with Crippen LogP contribution in [0.25, 0.3) is 16.9 Å². The van der Waals surface area contributed by atoms with Crippen molar-refractivity contribution in [2.75, 3.05) is 5.73 Å². The highest BCUT2D eigenvalue weighted by molar-refractivity contribution is 5.80. The number of hydrogen-bond donors (Lipinski definition) is 1. The van der Waals surface area contributed by atoms with E-state index < -0.39 is 0 Å². The van der Waals surface area contributed by atoms with Crippen LogP contribution in [0.5, 0.6) is 0 Å². The van der Waals surface area contributed by atoms with Gasteiger partial charge in [0.2, 0.25) is 5.95 Å². The molecule has 3 aromatic rings. The van der Waals surface area contributed by atoms with Crippen LogP contribution in [-0.4, -0.2) is 19.3 Å². The van der Waals surface area contributed by atoms with E-state index in [1.807, 2.05) is 16.3 Å². The van der Waals surface area contributed by atoms with E-state index in [4.69, 9.17) is 5.73 Å². The van der Waals surface area contributed by atoms with E-state index in [0.29, 0.717) is 5.95 Å². The van der Waals surface area contributed by atoms with Gasteiger partial charge in [0, 0.05) is 7.05 Å². The maximum Gasteiger partial charge on any atom is 0.207 e. The van der Waals surface area contributed by atoms with Gasteiger partial charge in [-0.05, 0) is 25.5 Å². The molecule has 3 rings (SSSR count). The van der Waals surface area contributed by atoms with Crippen molar-refractivity contribution in [3.63, 3.8) is 0 Å². The number of fused-ring (bicyclic) bond motifs is 1. The van der Waals surface area contributed by atoms with Gasteiger partial charge in [0.1, 0.15) is 5.52 Å². The highest BCUT2D eigenvalue weighted by Gasteiger charge is 2.18. The molecule has 0 aliphatic heterocycles. The summed E-state index contributed by atoms with van der Waals surface area (Å²) in [5.74, 6) is 0.509. The Bertz CT molecular complexity index is 749. The molecule has 0 radical (unpaired) electrons. The molecule has 0 aliphatic rings. The van der Waals surface area contributed by atoms with E-state index >= 15 is 0 Å². The molecular formula is C15H19N5. The van der Waals surface area contributed by atoms with Gasteiger partial charge in [-0.15, -0.1) is 0 Å². The third-order valence-electron chi connectivity index (χ3n) is 3.51. The zero-order valence-electron chi connectivity index (χ0n) is 12.1. The third-order valence-corrected chi connectivity index (χ3v) is 3.51. The monoisotopic (exact) mass is 269 g/mol. The number of aryl methyl sites for hydroxylation is 3. The second-order valence-corrected chi connectivity index (χ2v) is 5.13. The summed E-state index contributed by atoms with van der Waals surface area (Å²) >= 11 is 0. The first-order valence-electron chi connectivity index (χ1n) is 6.88. The molecule has 0 fully saturated rings. The standard InChI is InChI=1S/C15H19N5/c1-4-5-12-13-14(19(3)18-12)20(15(16)17-13)11-8-6-10(2)7-9-11/h6-9H,4-5H2,1-3H3,(H2,16,17). The van der Waals surface area contributed by atoms with E-state index in [1.54, 1.807) is 0 Å². The van der Waals surface area contributed by atoms with Gasteiger partial charge >= 0.3 is 0 Å². The topological polar surface area (TPSA) is 61.7 Å². The molecule has 0 unspecified atom stereocenters. The average molecular weight is 269 g/mol. The molecule has 104 valence electrons. The molecule has 0 amide bonds. The van der Waals surface area contributed by atoms with Crippen molar-refractivity contribution >= 4 is 17.1 Å². The molecule has 5 heteroatoms. The summed E-state index contributed by atoms with van der Waals surface area (Å²) in [4.78, 5) is 4.51. The second kappa shape index (κ2) is 4.67. The Kier molecular flexibility index (Phi) is 2.97. The van der Waals surface area contributed by atoms with Crippen LogP contribution in [0, 0.1) is 6.92 Å². The number of nitrogens with zero attached hydrogens (tertiary/aromatic N) is 4. The lowest BCUT2D eigenvalue weighted by Gasteiger charge is -2.07. The van der Waals surface area contributed by atoms with Crippen LogP contribution in [0.15, 0.2) is 24.3 Å². The largest absolute Gasteiger partial charge is 0.369 e. The van der Waals surface area contributed by atoms with Gasteiger partial charge in [0.25, 0.3) is 0 Å². The fourth-order valence-corrected chi connectivity index (χ4v) is 2.55. The number of hydrogen-bond acceptors (Lipinski definition) is 3. The minimum atomic E-state index is 0.509. The minimum absolute atomic E-state index is 0.509. The van der Waals surface area contributed by atoms with Gasteiger partial charge in [0.05, 0.1) is 11.4 Å². The molecule has 5 nitrogen and oxygen atoms in total. The number of nitrogens with two attached hydrogens (primary N) is 1. The van der Waals surface area contributed by atoms with Crippen molar-refractivity contribution in [2.24, 2.45) is 7.05 Å². The summed E-state index contributed by atoms with van der Waals surface area (Å²) in [6.45, 7) is 4.21.